The van der Waals surface area contributed by atoms with E-state index in [0.717, 1.165) is 57.8 Å². The van der Waals surface area contributed by atoms with Gasteiger partial charge in [0.2, 0.25) is 5.91 Å². The predicted octanol–water partition coefficient (Wildman–Crippen LogP) is 20.6. The average molecular weight is 1010 g/mol. The molecule has 0 aromatic carbocycles. The lowest BCUT2D eigenvalue weighted by molar-refractivity contribution is -0.143. The molecule has 0 saturated carbocycles. The first kappa shape index (κ1) is 70.3. The predicted molar refractivity (Wildman–Crippen MR) is 315 cm³/mol. The van der Waals surface area contributed by atoms with Gasteiger partial charge in [-0.15, -0.1) is 0 Å². The summed E-state index contributed by atoms with van der Waals surface area (Å²) in [7, 11) is 0. The van der Waals surface area contributed by atoms with Gasteiger partial charge in [-0.1, -0.05) is 295 Å². The van der Waals surface area contributed by atoms with Crippen molar-refractivity contribution in [1.82, 2.24) is 5.32 Å². The summed E-state index contributed by atoms with van der Waals surface area (Å²) in [6.07, 6.45) is 76.2. The highest BCUT2D eigenvalue weighted by Gasteiger charge is 2.20. The summed E-state index contributed by atoms with van der Waals surface area (Å²) in [5.74, 6) is -0.0452. The summed E-state index contributed by atoms with van der Waals surface area (Å²) in [5.41, 5.74) is 0. The van der Waals surface area contributed by atoms with Crippen LogP contribution in [0.2, 0.25) is 0 Å². The Labute approximate surface area is 450 Å². The minimum absolute atomic E-state index is 0.00138. The van der Waals surface area contributed by atoms with Crippen molar-refractivity contribution in [3.63, 3.8) is 0 Å². The number of rotatable bonds is 61. The maximum Gasteiger partial charge on any atom is 0.305 e. The van der Waals surface area contributed by atoms with Crippen molar-refractivity contribution in [2.45, 2.75) is 373 Å². The second kappa shape index (κ2) is 61.9. The highest BCUT2D eigenvalue weighted by atomic mass is 16.5. The lowest BCUT2D eigenvalue weighted by atomic mass is 10.0. The van der Waals surface area contributed by atoms with E-state index in [1.165, 1.54) is 270 Å². The Morgan fingerprint density at radius 2 is 0.653 bits per heavy atom. The largest absolute Gasteiger partial charge is 0.466 e. The monoisotopic (exact) mass is 1010 g/mol. The van der Waals surface area contributed by atoms with E-state index in [0.29, 0.717) is 25.9 Å². The topological polar surface area (TPSA) is 95.9 Å². The molecular weight excluding hydrogens is 887 g/mol. The molecule has 0 aliphatic carbocycles. The summed E-state index contributed by atoms with van der Waals surface area (Å²) < 4.78 is 5.49. The quantitative estimate of drug-likeness (QED) is 0.0320. The highest BCUT2D eigenvalue weighted by Crippen LogP contribution is 2.18. The van der Waals surface area contributed by atoms with Gasteiger partial charge in [-0.25, -0.2) is 0 Å². The number of aliphatic hydroxyl groups excluding tert-OH is 2. The maximum atomic E-state index is 12.5. The molecule has 6 heteroatoms. The lowest BCUT2D eigenvalue weighted by Crippen LogP contribution is -2.45. The van der Waals surface area contributed by atoms with Crippen LogP contribution >= 0.6 is 0 Å². The van der Waals surface area contributed by atoms with Gasteiger partial charge in [0.15, 0.2) is 0 Å². The number of unbranched alkanes of at least 4 members (excludes halogenated alkanes) is 46. The van der Waals surface area contributed by atoms with E-state index in [-0.39, 0.29) is 18.5 Å². The first-order chi connectivity index (χ1) is 35.5. The standard InChI is InChI=1S/C66H127NO5/c1-3-5-7-9-11-13-15-17-19-21-23-26-30-34-38-42-46-50-54-58-64(69)63(62-68)67-65(70)59-55-51-47-43-39-35-31-27-25-29-33-37-41-45-49-53-57-61-72-66(71)60-56-52-48-44-40-36-32-28-24-22-20-18-16-14-12-10-8-6-4-2/h18,20,25,29,63-64,68-69H,3-17,19,21-24,26-28,30-62H2,1-2H3,(H,67,70)/b20-18-,29-25-. The summed E-state index contributed by atoms with van der Waals surface area (Å²) in [5, 5.41) is 23.4. The summed E-state index contributed by atoms with van der Waals surface area (Å²) >= 11 is 0. The molecule has 0 rings (SSSR count). The number of amides is 1. The molecule has 2 atom stereocenters. The van der Waals surface area contributed by atoms with Crippen molar-refractivity contribution in [2.75, 3.05) is 13.2 Å². The molecule has 1 amide bonds. The zero-order valence-electron chi connectivity index (χ0n) is 48.7. The molecule has 0 aliphatic rings. The first-order valence-corrected chi connectivity index (χ1v) is 32.6. The van der Waals surface area contributed by atoms with Crippen molar-refractivity contribution in [3.05, 3.63) is 24.3 Å². The number of hydrogen-bond acceptors (Lipinski definition) is 5. The Hall–Kier alpha value is -1.66. The molecule has 3 N–H and O–H groups in total. The fraction of sp³-hybridized carbons (Fsp3) is 0.909. The van der Waals surface area contributed by atoms with Gasteiger partial charge in [0.25, 0.3) is 0 Å². The smallest absolute Gasteiger partial charge is 0.305 e. The maximum absolute atomic E-state index is 12.5. The van der Waals surface area contributed by atoms with Crippen molar-refractivity contribution in [1.29, 1.82) is 0 Å². The molecule has 0 radical (unpaired) electrons. The number of carbonyl (C=O) groups excluding carboxylic acids is 2. The second-order valence-electron chi connectivity index (χ2n) is 22.4. The third kappa shape index (κ3) is 57.6. The van der Waals surface area contributed by atoms with Crippen LogP contribution in [-0.2, 0) is 14.3 Å². The van der Waals surface area contributed by atoms with E-state index >= 15 is 0 Å². The third-order valence-electron chi connectivity index (χ3n) is 15.2. The Bertz CT molecular complexity index is 1120. The number of carbonyl (C=O) groups is 2. The molecule has 0 aromatic heterocycles. The third-order valence-corrected chi connectivity index (χ3v) is 15.2. The van der Waals surface area contributed by atoms with E-state index in [1.54, 1.807) is 0 Å². The molecule has 6 nitrogen and oxygen atoms in total. The Morgan fingerprint density at radius 3 is 0.986 bits per heavy atom. The van der Waals surface area contributed by atoms with Crippen LogP contribution in [-0.4, -0.2) is 47.4 Å². The molecule has 0 saturated heterocycles. The van der Waals surface area contributed by atoms with Crippen molar-refractivity contribution >= 4 is 11.9 Å². The molecule has 2 unspecified atom stereocenters. The van der Waals surface area contributed by atoms with Crippen LogP contribution in [0, 0.1) is 0 Å². The molecule has 72 heavy (non-hydrogen) atoms. The molecule has 0 heterocycles. The van der Waals surface area contributed by atoms with Gasteiger partial charge in [-0.3, -0.25) is 9.59 Å². The van der Waals surface area contributed by atoms with Crippen LogP contribution in [0.1, 0.15) is 361 Å². The van der Waals surface area contributed by atoms with Gasteiger partial charge in [-0.2, -0.15) is 0 Å². The number of aliphatic hydroxyl groups is 2. The lowest BCUT2D eigenvalue weighted by Gasteiger charge is -2.22. The number of hydrogen-bond donors (Lipinski definition) is 3. The minimum Gasteiger partial charge on any atom is -0.466 e. The Balaban J connectivity index is 3.43. The molecule has 426 valence electrons. The van der Waals surface area contributed by atoms with Crippen LogP contribution in [0.5, 0.6) is 0 Å². The molecule has 0 fully saturated rings. The van der Waals surface area contributed by atoms with Gasteiger partial charge in [0.05, 0.1) is 25.4 Å². The fourth-order valence-corrected chi connectivity index (χ4v) is 10.2. The minimum atomic E-state index is -0.673. The Kier molecular flexibility index (Phi) is 60.5. The van der Waals surface area contributed by atoms with Crippen molar-refractivity contribution in [3.8, 4) is 0 Å². The Morgan fingerprint density at radius 1 is 0.375 bits per heavy atom. The van der Waals surface area contributed by atoms with Gasteiger partial charge in [0.1, 0.15) is 0 Å². The van der Waals surface area contributed by atoms with E-state index in [9.17, 15) is 19.8 Å². The molecule has 0 aliphatic heterocycles. The van der Waals surface area contributed by atoms with Crippen LogP contribution in [0.4, 0.5) is 0 Å². The molecular formula is C66H127NO5. The van der Waals surface area contributed by atoms with E-state index in [4.69, 9.17) is 4.74 Å². The van der Waals surface area contributed by atoms with Gasteiger partial charge < -0.3 is 20.3 Å². The summed E-state index contributed by atoms with van der Waals surface area (Å²) in [4.78, 5) is 24.6. The average Bonchev–Trinajstić information content (AvgIpc) is 3.38. The molecule has 0 aromatic rings. The number of allylic oxidation sites excluding steroid dienone is 4. The van der Waals surface area contributed by atoms with Crippen LogP contribution < -0.4 is 5.32 Å². The number of nitrogens with one attached hydrogen (secondary N) is 1. The van der Waals surface area contributed by atoms with Crippen LogP contribution in [0.25, 0.3) is 0 Å². The van der Waals surface area contributed by atoms with E-state index < -0.39 is 12.1 Å². The van der Waals surface area contributed by atoms with Crippen molar-refractivity contribution < 1.29 is 24.5 Å². The highest BCUT2D eigenvalue weighted by molar-refractivity contribution is 5.76. The van der Waals surface area contributed by atoms with Gasteiger partial charge >= 0.3 is 5.97 Å². The molecule has 0 bridgehead atoms. The number of esters is 1. The van der Waals surface area contributed by atoms with Crippen molar-refractivity contribution in [2.24, 2.45) is 0 Å². The van der Waals surface area contributed by atoms with E-state index in [1.807, 2.05) is 0 Å². The summed E-state index contributed by atoms with van der Waals surface area (Å²) in [6, 6.07) is -0.551. The SMILES string of the molecule is CCCCCCCC/C=C\CCCCCCCCCCCC(=O)OCCCCCCCC/C=C\CCCCCCCCCC(=O)NC(CO)C(O)CCCCCCCCCCCCCCCCCCCCC. The zero-order chi connectivity index (χ0) is 52.2. The first-order valence-electron chi connectivity index (χ1n) is 32.6. The molecule has 0 spiro atoms. The second-order valence-corrected chi connectivity index (χ2v) is 22.4. The van der Waals surface area contributed by atoms with Gasteiger partial charge in [-0.05, 0) is 77.0 Å². The zero-order valence-corrected chi connectivity index (χ0v) is 48.7. The van der Waals surface area contributed by atoms with Crippen LogP contribution in [0.3, 0.4) is 0 Å². The fourth-order valence-electron chi connectivity index (χ4n) is 10.2. The van der Waals surface area contributed by atoms with Crippen LogP contribution in [0.15, 0.2) is 24.3 Å². The normalized spacial score (nSPS) is 12.7. The van der Waals surface area contributed by atoms with Gasteiger partial charge in [0, 0.05) is 12.8 Å². The number of ether oxygens (including phenoxy) is 1. The van der Waals surface area contributed by atoms with E-state index in [2.05, 4.69) is 43.5 Å². The summed E-state index contributed by atoms with van der Waals surface area (Å²) in [6.45, 7) is 4.96.